The molecule has 0 radical (unpaired) electrons. The summed E-state index contributed by atoms with van der Waals surface area (Å²) in [7, 11) is 0. The summed E-state index contributed by atoms with van der Waals surface area (Å²) in [5.41, 5.74) is 3.18. The van der Waals surface area contributed by atoms with Crippen LogP contribution in [0.4, 0.5) is 5.69 Å². The van der Waals surface area contributed by atoms with Gasteiger partial charge in [0.2, 0.25) is 0 Å². The zero-order chi connectivity index (χ0) is 20.3. The minimum Gasteiger partial charge on any atom is -0.504 e. The molecule has 0 aliphatic heterocycles. The van der Waals surface area contributed by atoms with Crippen LogP contribution in [-0.4, -0.2) is 23.0 Å². The summed E-state index contributed by atoms with van der Waals surface area (Å²) < 4.78 is 12.5. The molecule has 3 rings (SSSR count). The number of hydrogen-bond donors (Lipinski definition) is 2. The van der Waals surface area contributed by atoms with Crippen molar-refractivity contribution in [1.82, 2.24) is 0 Å². The van der Waals surface area contributed by atoms with Crippen LogP contribution in [0, 0.1) is 6.92 Å². The molecule has 146 valence electrons. The molecule has 0 atom stereocenters. The van der Waals surface area contributed by atoms with Gasteiger partial charge >= 0.3 is 0 Å². The number of aliphatic hydroxyl groups is 1. The number of benzene rings is 2. The molecule has 0 unspecified atom stereocenters. The largest absolute Gasteiger partial charge is 0.504 e. The van der Waals surface area contributed by atoms with E-state index in [2.05, 4.69) is 36.9 Å². The second-order valence-electron chi connectivity index (χ2n) is 6.05. The van der Waals surface area contributed by atoms with Gasteiger partial charge in [0, 0.05) is 20.7 Å². The van der Waals surface area contributed by atoms with E-state index in [9.17, 15) is 5.11 Å². The molecule has 1 heterocycles. The van der Waals surface area contributed by atoms with Gasteiger partial charge in [0.1, 0.15) is 18.1 Å². The molecule has 28 heavy (non-hydrogen) atoms. The van der Waals surface area contributed by atoms with Gasteiger partial charge < -0.3 is 19.4 Å². The molecule has 0 spiro atoms. The van der Waals surface area contributed by atoms with E-state index >= 15 is 0 Å². The van der Waals surface area contributed by atoms with Crippen LogP contribution in [0.2, 0.25) is 0 Å². The predicted molar refractivity (Wildman–Crippen MR) is 117 cm³/mol. The Labute approximate surface area is 179 Å². The zero-order valence-corrected chi connectivity index (χ0v) is 18.5. The third-order valence-electron chi connectivity index (χ3n) is 4.13. The van der Waals surface area contributed by atoms with Crippen molar-refractivity contribution in [3.05, 3.63) is 62.2 Å². The first-order valence-electron chi connectivity index (χ1n) is 8.63. The van der Waals surface area contributed by atoms with Gasteiger partial charge in [0.25, 0.3) is 0 Å². The summed E-state index contributed by atoms with van der Waals surface area (Å²) in [6, 6.07) is 11.0. The van der Waals surface area contributed by atoms with Crippen molar-refractivity contribution in [2.75, 3.05) is 6.61 Å². The van der Waals surface area contributed by atoms with Gasteiger partial charge in [-0.3, -0.25) is 4.99 Å². The van der Waals surface area contributed by atoms with E-state index in [4.69, 9.17) is 14.3 Å². The van der Waals surface area contributed by atoms with Gasteiger partial charge in [-0.15, -0.1) is 0 Å². The number of rotatable bonds is 6. The van der Waals surface area contributed by atoms with Crippen LogP contribution in [-0.2, 0) is 6.61 Å². The molecule has 3 aromatic rings. The summed E-state index contributed by atoms with van der Waals surface area (Å²) in [6.07, 6.45) is 1.60. The Morgan fingerprint density at radius 3 is 2.61 bits per heavy atom. The number of phenols is 1. The van der Waals surface area contributed by atoms with Crippen molar-refractivity contribution < 1.29 is 19.4 Å². The monoisotopic (exact) mass is 507 g/mol. The molecule has 0 bridgehead atoms. The van der Waals surface area contributed by atoms with Crippen LogP contribution in [0.1, 0.15) is 23.8 Å². The summed E-state index contributed by atoms with van der Waals surface area (Å²) in [5.74, 6) is 1.64. The Hall–Kier alpha value is -2.09. The van der Waals surface area contributed by atoms with Gasteiger partial charge in [0.15, 0.2) is 11.5 Å². The first-order valence-corrected chi connectivity index (χ1v) is 10.2. The third-order valence-corrected chi connectivity index (χ3v) is 6.14. The number of aliphatic hydroxyl groups excluding tert-OH is 1. The van der Waals surface area contributed by atoms with Crippen LogP contribution < -0.4 is 4.74 Å². The number of halogens is 2. The molecular formula is C21H19Br2NO4. The van der Waals surface area contributed by atoms with Gasteiger partial charge in [-0.05, 0) is 87.7 Å². The van der Waals surface area contributed by atoms with Crippen molar-refractivity contribution in [2.45, 2.75) is 20.5 Å². The van der Waals surface area contributed by atoms with Crippen molar-refractivity contribution in [3.8, 4) is 22.8 Å². The van der Waals surface area contributed by atoms with E-state index in [0.717, 1.165) is 21.3 Å². The SMILES string of the molecule is CCOc1cc(Br)c(Br)c(C=Nc2ccc(-c3ccc(CO)o3)c(C)c2)c1O. The first-order chi connectivity index (χ1) is 13.4. The smallest absolute Gasteiger partial charge is 0.167 e. The maximum atomic E-state index is 10.5. The maximum Gasteiger partial charge on any atom is 0.167 e. The second-order valence-corrected chi connectivity index (χ2v) is 7.69. The summed E-state index contributed by atoms with van der Waals surface area (Å²) in [4.78, 5) is 4.50. The predicted octanol–water partition coefficient (Wildman–Crippen LogP) is 6.13. The topological polar surface area (TPSA) is 75.2 Å². The number of phenolic OH excluding ortho intramolecular Hbond substituents is 1. The molecule has 1 aromatic heterocycles. The molecule has 0 fully saturated rings. The highest BCUT2D eigenvalue weighted by atomic mass is 79.9. The van der Waals surface area contributed by atoms with Crippen LogP contribution in [0.5, 0.6) is 11.5 Å². The Kier molecular flexibility index (Phi) is 6.59. The second kappa shape index (κ2) is 8.94. The molecule has 0 saturated heterocycles. The highest BCUT2D eigenvalue weighted by molar-refractivity contribution is 9.13. The summed E-state index contributed by atoms with van der Waals surface area (Å²) >= 11 is 6.92. The Bertz CT molecular complexity index is 1030. The van der Waals surface area contributed by atoms with Crippen molar-refractivity contribution in [2.24, 2.45) is 4.99 Å². The lowest BCUT2D eigenvalue weighted by Crippen LogP contribution is -1.96. The molecular weight excluding hydrogens is 490 g/mol. The Morgan fingerprint density at radius 2 is 1.96 bits per heavy atom. The lowest BCUT2D eigenvalue weighted by molar-refractivity contribution is 0.248. The van der Waals surface area contributed by atoms with E-state index < -0.39 is 0 Å². The fraction of sp³-hybridized carbons (Fsp3) is 0.190. The highest BCUT2D eigenvalue weighted by Crippen LogP contribution is 2.40. The molecule has 2 aromatic carbocycles. The zero-order valence-electron chi connectivity index (χ0n) is 15.4. The number of aryl methyl sites for hydroxylation is 1. The lowest BCUT2D eigenvalue weighted by Gasteiger charge is -2.11. The fourth-order valence-corrected chi connectivity index (χ4v) is 3.57. The number of aliphatic imine (C=N–C) groups is 1. The van der Waals surface area contributed by atoms with Crippen LogP contribution in [0.25, 0.3) is 11.3 Å². The molecule has 0 aliphatic rings. The van der Waals surface area contributed by atoms with Gasteiger partial charge in [-0.2, -0.15) is 0 Å². The van der Waals surface area contributed by atoms with Crippen molar-refractivity contribution in [1.29, 1.82) is 0 Å². The highest BCUT2D eigenvalue weighted by Gasteiger charge is 2.15. The minimum absolute atomic E-state index is 0.0288. The molecule has 0 amide bonds. The van der Waals surface area contributed by atoms with Crippen molar-refractivity contribution in [3.63, 3.8) is 0 Å². The summed E-state index contributed by atoms with van der Waals surface area (Å²) in [6.45, 7) is 4.14. The normalized spacial score (nSPS) is 11.3. The Balaban J connectivity index is 1.92. The van der Waals surface area contributed by atoms with E-state index in [1.54, 1.807) is 18.3 Å². The average molecular weight is 509 g/mol. The molecule has 7 heteroatoms. The number of ether oxygens (including phenoxy) is 1. The van der Waals surface area contributed by atoms with E-state index in [0.29, 0.717) is 33.9 Å². The maximum absolute atomic E-state index is 10.5. The van der Waals surface area contributed by atoms with Crippen LogP contribution >= 0.6 is 31.9 Å². The van der Waals surface area contributed by atoms with Crippen LogP contribution in [0.3, 0.4) is 0 Å². The van der Waals surface area contributed by atoms with Crippen molar-refractivity contribution >= 4 is 43.8 Å². The average Bonchev–Trinajstić information content (AvgIpc) is 3.15. The fourth-order valence-electron chi connectivity index (χ4n) is 2.75. The molecule has 0 saturated carbocycles. The van der Waals surface area contributed by atoms with E-state index in [-0.39, 0.29) is 12.4 Å². The molecule has 0 aliphatic carbocycles. The lowest BCUT2D eigenvalue weighted by atomic mass is 10.1. The number of hydrogen-bond acceptors (Lipinski definition) is 5. The van der Waals surface area contributed by atoms with Crippen LogP contribution in [0.15, 0.2) is 54.8 Å². The molecule has 2 N–H and O–H groups in total. The quantitative estimate of drug-likeness (QED) is 0.393. The summed E-state index contributed by atoms with van der Waals surface area (Å²) in [5, 5.41) is 19.6. The number of furan rings is 1. The minimum atomic E-state index is -0.129. The van der Waals surface area contributed by atoms with Gasteiger partial charge in [-0.1, -0.05) is 0 Å². The first kappa shape index (κ1) is 20.6. The standard InChI is InChI=1S/C21H19Br2NO4/c1-3-27-19-9-17(22)20(23)16(21(19)26)10-24-13-4-6-15(12(2)8-13)18-7-5-14(11-25)28-18/h4-10,25-26H,3,11H2,1-2H3. The number of nitrogens with zero attached hydrogens (tertiary/aromatic N) is 1. The Morgan fingerprint density at radius 1 is 1.18 bits per heavy atom. The van der Waals surface area contributed by atoms with Gasteiger partial charge in [-0.25, -0.2) is 0 Å². The van der Waals surface area contributed by atoms with E-state index in [1.807, 2.05) is 38.1 Å². The number of aromatic hydroxyl groups is 1. The third kappa shape index (κ3) is 4.32. The van der Waals surface area contributed by atoms with E-state index in [1.165, 1.54) is 0 Å². The molecule has 5 nitrogen and oxygen atoms in total. The van der Waals surface area contributed by atoms with Gasteiger partial charge in [0.05, 0.1) is 17.9 Å².